The van der Waals surface area contributed by atoms with Crippen molar-refractivity contribution in [2.24, 2.45) is 5.73 Å². The Morgan fingerprint density at radius 1 is 1.39 bits per heavy atom. The normalized spacial score (nSPS) is 12.2. The number of methoxy groups -OCH3 is 2. The van der Waals surface area contributed by atoms with Crippen molar-refractivity contribution in [3.05, 3.63) is 23.2 Å². The zero-order valence-electron chi connectivity index (χ0n) is 10.9. The minimum Gasteiger partial charge on any atom is -0.495 e. The molecule has 0 radical (unpaired) electrons. The third kappa shape index (κ3) is 4.72. The van der Waals surface area contributed by atoms with E-state index in [4.69, 9.17) is 26.8 Å². The minimum atomic E-state index is 0.239. The zero-order chi connectivity index (χ0) is 13.4. The molecule has 0 spiro atoms. The molecule has 0 aliphatic heterocycles. The smallest absolute Gasteiger partial charge is 0.137 e. The van der Waals surface area contributed by atoms with Crippen LogP contribution in [0.5, 0.6) is 5.75 Å². The molecule has 1 rings (SSSR count). The number of benzene rings is 1. The molecule has 1 unspecified atom stereocenters. The van der Waals surface area contributed by atoms with Crippen molar-refractivity contribution >= 4 is 17.3 Å². The summed E-state index contributed by atoms with van der Waals surface area (Å²) in [6.45, 7) is 1.33. The molecule has 3 N–H and O–H groups in total. The van der Waals surface area contributed by atoms with Crippen LogP contribution in [0.15, 0.2) is 18.2 Å². The molecule has 1 aromatic carbocycles. The van der Waals surface area contributed by atoms with Crippen LogP contribution in [0.25, 0.3) is 0 Å². The van der Waals surface area contributed by atoms with Crippen molar-refractivity contribution in [2.45, 2.75) is 18.9 Å². The molecule has 18 heavy (non-hydrogen) atoms. The number of hydrogen-bond acceptors (Lipinski definition) is 4. The van der Waals surface area contributed by atoms with Crippen LogP contribution < -0.4 is 15.8 Å². The maximum Gasteiger partial charge on any atom is 0.137 e. The fraction of sp³-hybridized carbons (Fsp3) is 0.538. The fourth-order valence-electron chi connectivity index (χ4n) is 1.75. The average molecular weight is 273 g/mol. The summed E-state index contributed by atoms with van der Waals surface area (Å²) in [6, 6.07) is 5.88. The molecule has 5 heteroatoms. The van der Waals surface area contributed by atoms with E-state index in [0.717, 1.165) is 18.5 Å². The van der Waals surface area contributed by atoms with Gasteiger partial charge in [0.1, 0.15) is 5.75 Å². The summed E-state index contributed by atoms with van der Waals surface area (Å²) in [4.78, 5) is 0. The molecule has 1 atom stereocenters. The van der Waals surface area contributed by atoms with Gasteiger partial charge in [-0.25, -0.2) is 0 Å². The average Bonchev–Trinajstić information content (AvgIpc) is 2.36. The summed E-state index contributed by atoms with van der Waals surface area (Å²) >= 11 is 6.08. The molecular formula is C13H21ClN2O2. The summed E-state index contributed by atoms with van der Waals surface area (Å²) in [7, 11) is 3.29. The molecule has 0 fully saturated rings. The van der Waals surface area contributed by atoms with E-state index in [2.05, 4.69) is 5.32 Å². The Kier molecular flexibility index (Phi) is 6.86. The molecule has 0 heterocycles. The standard InChI is InChI=1S/C13H21ClN2O2/c1-17-9-11(4-3-7-15)16-10-5-6-13(18-2)12(14)8-10/h5-6,8,11,16H,3-4,7,9,15H2,1-2H3. The third-order valence-corrected chi connectivity index (χ3v) is 2.94. The van der Waals surface area contributed by atoms with Gasteiger partial charge in [0.05, 0.1) is 18.7 Å². The molecule has 0 saturated carbocycles. The molecule has 0 amide bonds. The summed E-state index contributed by atoms with van der Waals surface area (Å²) in [5, 5.41) is 3.98. The predicted molar refractivity (Wildman–Crippen MR) is 75.6 cm³/mol. The van der Waals surface area contributed by atoms with Crippen molar-refractivity contribution in [3.8, 4) is 5.75 Å². The lowest BCUT2D eigenvalue weighted by Gasteiger charge is -2.19. The number of nitrogens with one attached hydrogen (secondary N) is 1. The van der Waals surface area contributed by atoms with Gasteiger partial charge >= 0.3 is 0 Å². The summed E-state index contributed by atoms with van der Waals surface area (Å²) in [5.41, 5.74) is 6.48. The van der Waals surface area contributed by atoms with E-state index in [1.807, 2.05) is 18.2 Å². The van der Waals surface area contributed by atoms with Gasteiger partial charge in [-0.1, -0.05) is 11.6 Å². The molecule has 0 saturated heterocycles. The van der Waals surface area contributed by atoms with Gasteiger partial charge in [-0.3, -0.25) is 0 Å². The quantitative estimate of drug-likeness (QED) is 0.764. The van der Waals surface area contributed by atoms with Gasteiger partial charge in [-0.05, 0) is 37.6 Å². The van der Waals surface area contributed by atoms with E-state index in [-0.39, 0.29) is 6.04 Å². The fourth-order valence-corrected chi connectivity index (χ4v) is 2.01. The van der Waals surface area contributed by atoms with Gasteiger partial charge in [0.2, 0.25) is 0 Å². The maximum absolute atomic E-state index is 6.08. The summed E-state index contributed by atoms with van der Waals surface area (Å²) in [6.07, 6.45) is 1.93. The first-order chi connectivity index (χ1) is 8.71. The second-order valence-electron chi connectivity index (χ2n) is 4.08. The lowest BCUT2D eigenvalue weighted by molar-refractivity contribution is 0.182. The Labute approximate surface area is 113 Å². The number of rotatable bonds is 8. The van der Waals surface area contributed by atoms with Crippen LogP contribution in [0.4, 0.5) is 5.69 Å². The van der Waals surface area contributed by atoms with Crippen LogP contribution in [0, 0.1) is 0 Å². The van der Waals surface area contributed by atoms with Gasteiger partial charge in [-0.2, -0.15) is 0 Å². The first-order valence-electron chi connectivity index (χ1n) is 6.00. The number of nitrogens with two attached hydrogens (primary N) is 1. The minimum absolute atomic E-state index is 0.239. The van der Waals surface area contributed by atoms with Crippen molar-refractivity contribution in [1.82, 2.24) is 0 Å². The topological polar surface area (TPSA) is 56.5 Å². The Balaban J connectivity index is 2.64. The highest BCUT2D eigenvalue weighted by molar-refractivity contribution is 6.32. The number of ether oxygens (including phenoxy) is 2. The van der Waals surface area contributed by atoms with E-state index in [1.165, 1.54) is 0 Å². The molecular weight excluding hydrogens is 252 g/mol. The lowest BCUT2D eigenvalue weighted by atomic mass is 10.1. The number of anilines is 1. The van der Waals surface area contributed by atoms with Gasteiger partial charge in [0.15, 0.2) is 0 Å². The Bertz CT molecular complexity index is 361. The van der Waals surface area contributed by atoms with Gasteiger partial charge in [0.25, 0.3) is 0 Å². The Hall–Kier alpha value is -0.970. The van der Waals surface area contributed by atoms with E-state index < -0.39 is 0 Å². The Morgan fingerprint density at radius 3 is 2.72 bits per heavy atom. The SMILES string of the molecule is COCC(CCCN)Nc1ccc(OC)c(Cl)c1. The highest BCUT2D eigenvalue weighted by Gasteiger charge is 2.09. The van der Waals surface area contributed by atoms with E-state index in [0.29, 0.717) is 23.9 Å². The van der Waals surface area contributed by atoms with Crippen molar-refractivity contribution in [2.75, 3.05) is 32.7 Å². The van der Waals surface area contributed by atoms with Crippen LogP contribution >= 0.6 is 11.6 Å². The van der Waals surface area contributed by atoms with Crippen LogP contribution in [0.1, 0.15) is 12.8 Å². The highest BCUT2D eigenvalue weighted by Crippen LogP contribution is 2.27. The first kappa shape index (κ1) is 15.1. The number of halogens is 1. The van der Waals surface area contributed by atoms with Crippen LogP contribution in [-0.2, 0) is 4.74 Å². The monoisotopic (exact) mass is 272 g/mol. The molecule has 0 aromatic heterocycles. The van der Waals surface area contributed by atoms with Crippen molar-refractivity contribution < 1.29 is 9.47 Å². The second-order valence-corrected chi connectivity index (χ2v) is 4.48. The van der Waals surface area contributed by atoms with Crippen molar-refractivity contribution in [1.29, 1.82) is 0 Å². The van der Waals surface area contributed by atoms with Crippen LogP contribution in [0.3, 0.4) is 0 Å². The second kappa shape index (κ2) is 8.19. The highest BCUT2D eigenvalue weighted by atomic mass is 35.5. The molecule has 1 aromatic rings. The molecule has 4 nitrogen and oxygen atoms in total. The first-order valence-corrected chi connectivity index (χ1v) is 6.38. The largest absolute Gasteiger partial charge is 0.495 e. The zero-order valence-corrected chi connectivity index (χ0v) is 11.7. The molecule has 0 bridgehead atoms. The van der Waals surface area contributed by atoms with E-state index >= 15 is 0 Å². The number of hydrogen-bond donors (Lipinski definition) is 2. The van der Waals surface area contributed by atoms with Crippen LogP contribution in [-0.4, -0.2) is 33.4 Å². The molecule has 102 valence electrons. The predicted octanol–water partition coefficient (Wildman–Crippen LogP) is 2.51. The lowest BCUT2D eigenvalue weighted by Crippen LogP contribution is -2.25. The maximum atomic E-state index is 6.08. The molecule has 0 aliphatic carbocycles. The van der Waals surface area contributed by atoms with Gasteiger partial charge < -0.3 is 20.5 Å². The van der Waals surface area contributed by atoms with Gasteiger partial charge in [0, 0.05) is 18.8 Å². The molecule has 0 aliphatic rings. The van der Waals surface area contributed by atoms with Crippen LogP contribution in [0.2, 0.25) is 5.02 Å². The van der Waals surface area contributed by atoms with E-state index in [1.54, 1.807) is 14.2 Å². The Morgan fingerprint density at radius 2 is 2.17 bits per heavy atom. The van der Waals surface area contributed by atoms with E-state index in [9.17, 15) is 0 Å². The van der Waals surface area contributed by atoms with Crippen molar-refractivity contribution in [3.63, 3.8) is 0 Å². The van der Waals surface area contributed by atoms with Gasteiger partial charge in [-0.15, -0.1) is 0 Å². The third-order valence-electron chi connectivity index (χ3n) is 2.65. The summed E-state index contributed by atoms with van der Waals surface area (Å²) in [5.74, 6) is 0.674. The summed E-state index contributed by atoms with van der Waals surface area (Å²) < 4.78 is 10.3.